The fourth-order valence-corrected chi connectivity index (χ4v) is 0.553. The topological polar surface area (TPSA) is 99.1 Å². The molecule has 0 aromatic heterocycles. The molecule has 0 atom stereocenters. The van der Waals surface area contributed by atoms with E-state index in [9.17, 15) is 19.5 Å². The van der Waals surface area contributed by atoms with E-state index in [1.165, 1.54) is 0 Å². The highest BCUT2D eigenvalue weighted by Gasteiger charge is 2.19. The van der Waals surface area contributed by atoms with Crippen molar-refractivity contribution in [3.8, 4) is 0 Å². The molecule has 0 saturated heterocycles. The zero-order chi connectivity index (χ0) is 14.1. The molecule has 18 heavy (non-hydrogen) atoms. The Morgan fingerprint density at radius 1 is 0.778 bits per heavy atom. The van der Waals surface area contributed by atoms with Gasteiger partial charge in [-0.2, -0.15) is 0 Å². The summed E-state index contributed by atoms with van der Waals surface area (Å²) in [5.41, 5.74) is 0. The zero-order valence-electron chi connectivity index (χ0n) is 9.25. The molecule has 0 fully saturated rings. The normalized spacial score (nSPS) is 8.44. The Kier molecular flexibility index (Phi) is 6.27. The van der Waals surface area contributed by atoms with Gasteiger partial charge in [0.2, 0.25) is 0 Å². The van der Waals surface area contributed by atoms with Gasteiger partial charge in [-0.25, -0.2) is 14.4 Å². The number of carbonyl (C=O) groups is 3. The van der Waals surface area contributed by atoms with E-state index in [0.717, 1.165) is 18.2 Å². The Bertz CT molecular complexity index is 407. The van der Waals surface area contributed by atoms with E-state index >= 15 is 0 Å². The molecule has 0 radical (unpaired) electrons. The van der Waals surface area contributed by atoms with Gasteiger partial charge in [-0.1, -0.05) is 19.7 Å². The smallest absolute Gasteiger partial charge is 0.380 e. The molecule has 7 nitrogen and oxygen atoms in total. The minimum absolute atomic E-state index is 0.735. The molecule has 7 heteroatoms. The molecule has 0 saturated carbocycles. The molecule has 0 aromatic carbocycles. The van der Waals surface area contributed by atoms with Crippen LogP contribution in [-0.2, 0) is 28.6 Å². The molecule has 0 aromatic rings. The van der Waals surface area contributed by atoms with Crippen molar-refractivity contribution in [3.63, 3.8) is 0 Å². The van der Waals surface area contributed by atoms with Gasteiger partial charge in [-0.3, -0.25) is 0 Å². The van der Waals surface area contributed by atoms with Crippen LogP contribution in [-0.4, -0.2) is 23.0 Å². The highest BCUT2D eigenvalue weighted by molar-refractivity contribution is 5.84. The second kappa shape index (κ2) is 7.44. The first kappa shape index (κ1) is 15.2. The highest BCUT2D eigenvalue weighted by atomic mass is 16.7. The summed E-state index contributed by atoms with van der Waals surface area (Å²) in [5.74, 6) is -5.36. The summed E-state index contributed by atoms with van der Waals surface area (Å²) in [6, 6.07) is 0. The summed E-state index contributed by atoms with van der Waals surface area (Å²) >= 11 is 0. The maximum Gasteiger partial charge on any atom is 0.380 e. The first-order chi connectivity index (χ1) is 8.44. The number of hydrogen-bond acceptors (Lipinski definition) is 7. The first-order valence-electron chi connectivity index (χ1n) is 4.40. The molecule has 0 unspecified atom stereocenters. The number of carbonyl (C=O) groups excluding carboxylic acids is 3. The molecule has 96 valence electrons. The van der Waals surface area contributed by atoms with Crippen LogP contribution in [0.25, 0.3) is 0 Å². The molecule has 0 heterocycles. The molecule has 0 bridgehead atoms. The standard InChI is InChI=1S/C11H10O7/c1-4-7(12)16-10(15)11(17-8(13)5-2)18-9(14)6-3/h4-6,15H,1-3H2. The molecule has 1 N–H and O–H groups in total. The molecular formula is C11H10O7. The Balaban J connectivity index is 5.08. The minimum Gasteiger partial charge on any atom is -0.475 e. The van der Waals surface area contributed by atoms with Gasteiger partial charge < -0.3 is 19.3 Å². The maximum absolute atomic E-state index is 10.9. The van der Waals surface area contributed by atoms with Gasteiger partial charge in [0.1, 0.15) is 0 Å². The lowest BCUT2D eigenvalue weighted by atomic mass is 10.6. The summed E-state index contributed by atoms with van der Waals surface area (Å²) < 4.78 is 12.9. The number of aliphatic hydroxyl groups excluding tert-OH is 1. The van der Waals surface area contributed by atoms with E-state index in [1.54, 1.807) is 0 Å². The first-order valence-corrected chi connectivity index (χ1v) is 4.40. The summed E-state index contributed by atoms with van der Waals surface area (Å²) in [6.07, 6.45) is 2.22. The Labute approximate surface area is 102 Å². The number of aliphatic hydroxyl groups is 1. The SMILES string of the molecule is C=CC(=O)OC(O)=C(OC(=O)C=C)OC(=O)C=C. The second-order valence-electron chi connectivity index (χ2n) is 2.47. The molecule has 0 rings (SSSR count). The van der Waals surface area contributed by atoms with Crippen LogP contribution in [0, 0.1) is 0 Å². The van der Waals surface area contributed by atoms with Gasteiger partial charge in [0.25, 0.3) is 0 Å². The number of esters is 3. The van der Waals surface area contributed by atoms with Crippen molar-refractivity contribution in [3.05, 3.63) is 49.9 Å². The fourth-order valence-electron chi connectivity index (χ4n) is 0.553. The molecule has 0 aliphatic heterocycles. The summed E-state index contributed by atoms with van der Waals surface area (Å²) in [4.78, 5) is 32.6. The van der Waals surface area contributed by atoms with E-state index in [0.29, 0.717) is 0 Å². The quantitative estimate of drug-likeness (QED) is 0.426. The number of hydrogen-bond donors (Lipinski definition) is 1. The van der Waals surface area contributed by atoms with Crippen LogP contribution in [0.3, 0.4) is 0 Å². The Morgan fingerprint density at radius 2 is 1.11 bits per heavy atom. The van der Waals surface area contributed by atoms with E-state index in [4.69, 9.17) is 0 Å². The number of rotatable bonds is 6. The van der Waals surface area contributed by atoms with Crippen LogP contribution in [0.2, 0.25) is 0 Å². The van der Waals surface area contributed by atoms with Crippen molar-refractivity contribution in [2.45, 2.75) is 0 Å². The Morgan fingerprint density at radius 3 is 1.44 bits per heavy atom. The third kappa shape index (κ3) is 5.31. The third-order valence-corrected chi connectivity index (χ3v) is 1.26. The fraction of sp³-hybridized carbons (Fsp3) is 0. The van der Waals surface area contributed by atoms with E-state index in [2.05, 4.69) is 33.9 Å². The van der Waals surface area contributed by atoms with Gasteiger partial charge in [0.15, 0.2) is 0 Å². The van der Waals surface area contributed by atoms with Gasteiger partial charge in [0, 0.05) is 18.2 Å². The predicted molar refractivity (Wildman–Crippen MR) is 58.5 cm³/mol. The van der Waals surface area contributed by atoms with Gasteiger partial charge >= 0.3 is 29.8 Å². The van der Waals surface area contributed by atoms with Crippen LogP contribution in [0.15, 0.2) is 49.9 Å². The van der Waals surface area contributed by atoms with Crippen molar-refractivity contribution >= 4 is 17.9 Å². The van der Waals surface area contributed by atoms with Gasteiger partial charge in [0.05, 0.1) is 0 Å². The molecule has 0 amide bonds. The van der Waals surface area contributed by atoms with E-state index in [-0.39, 0.29) is 0 Å². The molecule has 0 aliphatic carbocycles. The van der Waals surface area contributed by atoms with Gasteiger partial charge in [-0.05, 0) is 0 Å². The zero-order valence-corrected chi connectivity index (χ0v) is 9.25. The monoisotopic (exact) mass is 254 g/mol. The van der Waals surface area contributed by atoms with E-state index in [1.807, 2.05) is 0 Å². The number of ether oxygens (including phenoxy) is 3. The van der Waals surface area contributed by atoms with Crippen LogP contribution in [0.5, 0.6) is 0 Å². The second-order valence-corrected chi connectivity index (χ2v) is 2.47. The molecule has 0 aliphatic rings. The largest absolute Gasteiger partial charge is 0.475 e. The predicted octanol–water partition coefficient (Wildman–Crippen LogP) is 0.859. The maximum atomic E-state index is 10.9. The lowest BCUT2D eigenvalue weighted by Gasteiger charge is -2.07. The van der Waals surface area contributed by atoms with E-state index < -0.39 is 29.8 Å². The lowest BCUT2D eigenvalue weighted by Crippen LogP contribution is -2.13. The van der Waals surface area contributed by atoms with Gasteiger partial charge in [-0.15, -0.1) is 0 Å². The average molecular weight is 254 g/mol. The van der Waals surface area contributed by atoms with Crippen molar-refractivity contribution < 1.29 is 33.7 Å². The lowest BCUT2D eigenvalue weighted by molar-refractivity contribution is -0.154. The summed E-state index contributed by atoms with van der Waals surface area (Å²) in [6.45, 7) is 9.24. The van der Waals surface area contributed by atoms with Crippen molar-refractivity contribution in [1.29, 1.82) is 0 Å². The van der Waals surface area contributed by atoms with Crippen LogP contribution >= 0.6 is 0 Å². The van der Waals surface area contributed by atoms with Crippen LogP contribution in [0.4, 0.5) is 0 Å². The highest BCUT2D eigenvalue weighted by Crippen LogP contribution is 2.09. The molecular weight excluding hydrogens is 244 g/mol. The van der Waals surface area contributed by atoms with Crippen molar-refractivity contribution in [2.75, 3.05) is 0 Å². The third-order valence-electron chi connectivity index (χ3n) is 1.26. The van der Waals surface area contributed by atoms with Crippen LogP contribution in [0.1, 0.15) is 0 Å². The Hall–Kier alpha value is -2.83. The van der Waals surface area contributed by atoms with Crippen molar-refractivity contribution in [2.24, 2.45) is 0 Å². The minimum atomic E-state index is -1.22. The summed E-state index contributed by atoms with van der Waals surface area (Å²) in [7, 11) is 0. The van der Waals surface area contributed by atoms with Crippen LogP contribution < -0.4 is 0 Å². The van der Waals surface area contributed by atoms with Crippen molar-refractivity contribution in [1.82, 2.24) is 0 Å². The summed E-state index contributed by atoms with van der Waals surface area (Å²) in [5, 5.41) is 9.27. The average Bonchev–Trinajstić information content (AvgIpc) is 2.36. The molecule has 0 spiro atoms.